The highest BCUT2D eigenvalue weighted by atomic mass is 35.5. The third-order valence-corrected chi connectivity index (χ3v) is 4.03. The van der Waals surface area contributed by atoms with E-state index in [4.69, 9.17) is 16.3 Å². The topological polar surface area (TPSA) is 110 Å². The van der Waals surface area contributed by atoms with Crippen molar-refractivity contribution in [3.05, 3.63) is 64.8 Å². The third kappa shape index (κ3) is 4.60. The summed E-state index contributed by atoms with van der Waals surface area (Å²) in [6.07, 6.45) is 0. The van der Waals surface area contributed by atoms with E-state index in [1.165, 1.54) is 19.2 Å². The molecule has 0 radical (unpaired) electrons. The van der Waals surface area contributed by atoms with Crippen molar-refractivity contribution < 1.29 is 23.9 Å². The number of benzene rings is 2. The maximum absolute atomic E-state index is 12.2. The molecule has 9 heteroatoms. The van der Waals surface area contributed by atoms with Gasteiger partial charge in [-0.3, -0.25) is 20.4 Å². The first-order chi connectivity index (χ1) is 13.5. The summed E-state index contributed by atoms with van der Waals surface area (Å²) < 4.78 is 9.71. The summed E-state index contributed by atoms with van der Waals surface area (Å²) in [6, 6.07) is 13.0. The van der Waals surface area contributed by atoms with E-state index >= 15 is 0 Å². The average Bonchev–Trinajstić information content (AvgIpc) is 3.13. The van der Waals surface area contributed by atoms with Crippen molar-refractivity contribution in [1.29, 1.82) is 0 Å². The number of aromatic amines is 1. The van der Waals surface area contributed by atoms with E-state index in [-0.39, 0.29) is 17.9 Å². The molecule has 3 rings (SSSR count). The molecule has 3 aromatic rings. The van der Waals surface area contributed by atoms with Gasteiger partial charge in [0.1, 0.15) is 11.4 Å². The minimum Gasteiger partial charge on any atom is -0.482 e. The number of ether oxygens (including phenoxy) is 2. The maximum Gasteiger partial charge on any atom is 0.343 e. The van der Waals surface area contributed by atoms with Gasteiger partial charge in [0, 0.05) is 21.5 Å². The van der Waals surface area contributed by atoms with E-state index in [0.29, 0.717) is 10.8 Å². The van der Waals surface area contributed by atoms with Crippen LogP contribution in [0.4, 0.5) is 0 Å². The van der Waals surface area contributed by atoms with Crippen molar-refractivity contribution in [3.63, 3.8) is 0 Å². The third-order valence-electron chi connectivity index (χ3n) is 3.80. The molecule has 0 aliphatic rings. The highest BCUT2D eigenvalue weighted by Gasteiger charge is 2.13. The Morgan fingerprint density at radius 1 is 1.04 bits per heavy atom. The number of rotatable bonds is 5. The van der Waals surface area contributed by atoms with Gasteiger partial charge in [0.2, 0.25) is 0 Å². The van der Waals surface area contributed by atoms with Crippen LogP contribution in [-0.4, -0.2) is 36.5 Å². The smallest absolute Gasteiger partial charge is 0.343 e. The number of esters is 1. The molecule has 1 heterocycles. The fraction of sp³-hybridized carbons (Fsp3) is 0.105. The van der Waals surface area contributed by atoms with Gasteiger partial charge in [0.25, 0.3) is 11.8 Å². The monoisotopic (exact) mass is 401 g/mol. The molecule has 0 aliphatic heterocycles. The number of carbonyl (C=O) groups excluding carboxylic acids is 3. The van der Waals surface area contributed by atoms with Crippen LogP contribution in [0.2, 0.25) is 5.02 Å². The molecule has 2 aromatic carbocycles. The molecule has 144 valence electrons. The summed E-state index contributed by atoms with van der Waals surface area (Å²) in [5.41, 5.74) is 5.92. The fourth-order valence-corrected chi connectivity index (χ4v) is 2.59. The summed E-state index contributed by atoms with van der Waals surface area (Å²) in [6.45, 7) is -0.275. The number of methoxy groups -OCH3 is 1. The summed E-state index contributed by atoms with van der Waals surface area (Å²) in [4.78, 5) is 38.5. The summed E-state index contributed by atoms with van der Waals surface area (Å²) >= 11 is 5.93. The van der Waals surface area contributed by atoms with Crippen molar-refractivity contribution in [3.8, 4) is 5.75 Å². The largest absolute Gasteiger partial charge is 0.482 e. The van der Waals surface area contributed by atoms with Gasteiger partial charge in [-0.2, -0.15) is 0 Å². The van der Waals surface area contributed by atoms with Gasteiger partial charge in [-0.1, -0.05) is 17.7 Å². The molecule has 0 saturated heterocycles. The molecule has 2 amide bonds. The number of fused-ring (bicyclic) bond motifs is 1. The van der Waals surface area contributed by atoms with Gasteiger partial charge in [-0.05, 0) is 42.5 Å². The van der Waals surface area contributed by atoms with Gasteiger partial charge in [-0.15, -0.1) is 0 Å². The lowest BCUT2D eigenvalue weighted by molar-refractivity contribution is -0.142. The molecule has 28 heavy (non-hydrogen) atoms. The SMILES string of the molecule is COC(=O)COc1cccc(C(=O)NNC(=O)c2cc3cc(Cl)ccc3[nH]2)c1. The van der Waals surface area contributed by atoms with Crippen LogP contribution in [0.3, 0.4) is 0 Å². The molecule has 1 aromatic heterocycles. The number of carbonyl (C=O) groups is 3. The van der Waals surface area contributed by atoms with E-state index in [0.717, 1.165) is 10.9 Å². The number of hydrogen-bond donors (Lipinski definition) is 3. The Bertz CT molecular complexity index is 1050. The molecule has 0 saturated carbocycles. The minimum atomic E-state index is -0.545. The molecule has 0 spiro atoms. The summed E-state index contributed by atoms with van der Waals surface area (Å²) in [5, 5.41) is 1.33. The number of hydrazine groups is 1. The van der Waals surface area contributed by atoms with Gasteiger partial charge in [-0.25, -0.2) is 4.79 Å². The van der Waals surface area contributed by atoms with Crippen LogP contribution in [0.1, 0.15) is 20.8 Å². The predicted molar refractivity (Wildman–Crippen MR) is 102 cm³/mol. The molecule has 8 nitrogen and oxygen atoms in total. The Labute approximate surface area is 164 Å². The lowest BCUT2D eigenvalue weighted by Gasteiger charge is -2.08. The van der Waals surface area contributed by atoms with Gasteiger partial charge in [0.15, 0.2) is 6.61 Å². The first-order valence-corrected chi connectivity index (χ1v) is 8.52. The zero-order chi connectivity index (χ0) is 20.1. The Balaban J connectivity index is 1.61. The molecule has 0 atom stereocenters. The molecule has 0 unspecified atom stereocenters. The van der Waals surface area contributed by atoms with Gasteiger partial charge in [0.05, 0.1) is 7.11 Å². The minimum absolute atomic E-state index is 0.242. The predicted octanol–water partition coefficient (Wildman–Crippen LogP) is 2.45. The Morgan fingerprint density at radius 2 is 1.82 bits per heavy atom. The van der Waals surface area contributed by atoms with Crippen LogP contribution in [0.15, 0.2) is 48.5 Å². The van der Waals surface area contributed by atoms with Crippen molar-refractivity contribution >= 4 is 40.3 Å². The average molecular weight is 402 g/mol. The molecule has 3 N–H and O–H groups in total. The number of H-pyrrole nitrogens is 1. The summed E-state index contributed by atoms with van der Waals surface area (Å²) in [7, 11) is 1.25. The highest BCUT2D eigenvalue weighted by molar-refractivity contribution is 6.31. The fourth-order valence-electron chi connectivity index (χ4n) is 2.41. The zero-order valence-corrected chi connectivity index (χ0v) is 15.5. The van der Waals surface area contributed by atoms with Crippen molar-refractivity contribution in [1.82, 2.24) is 15.8 Å². The summed E-state index contributed by atoms with van der Waals surface area (Å²) in [5.74, 6) is -1.28. The van der Waals surface area contributed by atoms with E-state index in [9.17, 15) is 14.4 Å². The lowest BCUT2D eigenvalue weighted by Crippen LogP contribution is -2.41. The number of amides is 2. The maximum atomic E-state index is 12.2. The van der Waals surface area contributed by atoms with Gasteiger partial charge < -0.3 is 14.5 Å². The highest BCUT2D eigenvalue weighted by Crippen LogP contribution is 2.20. The number of nitrogens with one attached hydrogen (secondary N) is 3. The number of aromatic nitrogens is 1. The number of hydrogen-bond acceptors (Lipinski definition) is 5. The Morgan fingerprint density at radius 3 is 2.61 bits per heavy atom. The van der Waals surface area contributed by atoms with Crippen LogP contribution in [-0.2, 0) is 9.53 Å². The molecular weight excluding hydrogens is 386 g/mol. The van der Waals surface area contributed by atoms with Crippen molar-refractivity contribution in [2.45, 2.75) is 0 Å². The van der Waals surface area contributed by atoms with Crippen molar-refractivity contribution in [2.75, 3.05) is 13.7 Å². The second-order valence-corrected chi connectivity index (χ2v) is 6.15. The normalized spacial score (nSPS) is 10.4. The van der Waals surface area contributed by atoms with Crippen LogP contribution >= 0.6 is 11.6 Å². The molecule has 0 aliphatic carbocycles. The van der Waals surface area contributed by atoms with E-state index in [1.807, 2.05) is 0 Å². The van der Waals surface area contributed by atoms with Crippen LogP contribution in [0, 0.1) is 0 Å². The first-order valence-electron chi connectivity index (χ1n) is 8.15. The van der Waals surface area contributed by atoms with Crippen molar-refractivity contribution in [2.24, 2.45) is 0 Å². The quantitative estimate of drug-likeness (QED) is 0.449. The van der Waals surface area contributed by atoms with Gasteiger partial charge >= 0.3 is 5.97 Å². The van der Waals surface area contributed by atoms with Crippen LogP contribution < -0.4 is 15.6 Å². The second-order valence-electron chi connectivity index (χ2n) is 5.72. The second kappa shape index (κ2) is 8.45. The standard InChI is InChI=1S/C19H16ClN3O5/c1-27-17(24)10-28-14-4-2-3-11(8-14)18(25)22-23-19(26)16-9-12-7-13(20)5-6-15(12)21-16/h2-9,21H,10H2,1H3,(H,22,25)(H,23,26). The molecular formula is C19H16ClN3O5. The van der Waals surface area contributed by atoms with Crippen LogP contribution in [0.5, 0.6) is 5.75 Å². The van der Waals surface area contributed by atoms with E-state index < -0.39 is 17.8 Å². The van der Waals surface area contributed by atoms with E-state index in [1.54, 1.807) is 36.4 Å². The molecule has 0 fully saturated rings. The van der Waals surface area contributed by atoms with E-state index in [2.05, 4.69) is 20.6 Å². The first kappa shape index (κ1) is 19.2. The zero-order valence-electron chi connectivity index (χ0n) is 14.7. The lowest BCUT2D eigenvalue weighted by atomic mass is 10.2. The Kier molecular flexibility index (Phi) is 5.81. The Hall–Kier alpha value is -3.52. The van der Waals surface area contributed by atoms with Crippen LogP contribution in [0.25, 0.3) is 10.9 Å². The number of halogens is 1. The molecule has 0 bridgehead atoms.